The number of fused-ring (bicyclic) bond motifs is 3. The van der Waals surface area contributed by atoms with Crippen molar-refractivity contribution in [1.82, 2.24) is 15.8 Å². The van der Waals surface area contributed by atoms with Crippen molar-refractivity contribution >= 4 is 29.3 Å². The molecule has 4 rings (SSSR count). The van der Waals surface area contributed by atoms with Crippen LogP contribution in [0.5, 0.6) is 0 Å². The van der Waals surface area contributed by atoms with Crippen LogP contribution in [0.1, 0.15) is 44.3 Å². The lowest BCUT2D eigenvalue weighted by molar-refractivity contribution is -0.152. The van der Waals surface area contributed by atoms with Crippen LogP contribution in [-0.2, 0) is 20.8 Å². The summed E-state index contributed by atoms with van der Waals surface area (Å²) in [5.74, 6) is -1.83. The zero-order chi connectivity index (χ0) is 24.9. The lowest BCUT2D eigenvalue weighted by Crippen LogP contribution is -2.32. The molecule has 182 valence electrons. The van der Waals surface area contributed by atoms with Crippen LogP contribution in [-0.4, -0.2) is 47.3 Å². The van der Waals surface area contributed by atoms with Crippen LogP contribution < -0.4 is 10.8 Å². The third-order valence-electron chi connectivity index (χ3n) is 5.68. The lowest BCUT2D eigenvalue weighted by atomic mass is 9.98. The number of rotatable bonds is 9. The van der Waals surface area contributed by atoms with E-state index in [2.05, 4.69) is 40.0 Å². The normalized spacial score (nSPS) is 13.0. The van der Waals surface area contributed by atoms with E-state index in [9.17, 15) is 14.4 Å². The highest BCUT2D eigenvalue weighted by Gasteiger charge is 2.29. The van der Waals surface area contributed by atoms with Gasteiger partial charge in [0, 0.05) is 23.8 Å². The molecule has 1 aromatic heterocycles. The molecule has 1 heterocycles. The maximum Gasteiger partial charge on any atom is 0.407 e. The Morgan fingerprint density at radius 3 is 2.34 bits per heavy atom. The molecule has 1 unspecified atom stereocenters. The summed E-state index contributed by atoms with van der Waals surface area (Å²) < 4.78 is 5.52. The lowest BCUT2D eigenvalue weighted by Gasteiger charge is -2.14. The Bertz CT molecular complexity index is 1210. The van der Waals surface area contributed by atoms with E-state index in [1.165, 1.54) is 29.4 Å². The Morgan fingerprint density at radius 2 is 1.71 bits per heavy atom. The second-order valence-electron chi connectivity index (χ2n) is 8.04. The first-order valence-corrected chi connectivity index (χ1v) is 11.9. The number of hydrogen-bond donors (Lipinski definition) is 3. The minimum absolute atomic E-state index is 0.0121. The fourth-order valence-corrected chi connectivity index (χ4v) is 4.86. The number of hydroxylamine groups is 1. The molecule has 0 spiro atoms. The Morgan fingerprint density at radius 1 is 1.09 bits per heavy atom. The van der Waals surface area contributed by atoms with Gasteiger partial charge < -0.3 is 15.2 Å². The van der Waals surface area contributed by atoms with Crippen LogP contribution >= 0.6 is 11.3 Å². The second kappa shape index (κ2) is 10.7. The standard InChI is InChI=1S/C25H25N3O6S/c1-14(24(30)31)34-28-23(29)22-15(2)35-21(27-22)11-12-26-25(32)33-13-20-18-9-5-3-7-16(18)17-8-4-6-10-19(17)20/h3-10,14,20H,11-13H2,1-2H3,(H,26,32)(H,28,29)(H,30,31). The van der Waals surface area contributed by atoms with E-state index in [1.54, 1.807) is 6.92 Å². The van der Waals surface area contributed by atoms with Crippen molar-refractivity contribution in [1.29, 1.82) is 0 Å². The van der Waals surface area contributed by atoms with Gasteiger partial charge in [-0.2, -0.15) is 0 Å². The molecule has 0 saturated heterocycles. The van der Waals surface area contributed by atoms with Gasteiger partial charge in [-0.05, 0) is 36.1 Å². The quantitative estimate of drug-likeness (QED) is 0.387. The number of carbonyl (C=O) groups is 3. The molecule has 9 nitrogen and oxygen atoms in total. The topological polar surface area (TPSA) is 127 Å². The summed E-state index contributed by atoms with van der Waals surface area (Å²) in [5, 5.41) is 12.2. The van der Waals surface area contributed by atoms with Gasteiger partial charge in [-0.25, -0.2) is 20.1 Å². The van der Waals surface area contributed by atoms with E-state index in [1.807, 2.05) is 24.3 Å². The molecule has 3 aromatic rings. The molecular formula is C25H25N3O6S. The van der Waals surface area contributed by atoms with Gasteiger partial charge in [0.1, 0.15) is 12.3 Å². The first-order valence-electron chi connectivity index (χ1n) is 11.1. The zero-order valence-corrected chi connectivity index (χ0v) is 20.1. The predicted molar refractivity (Wildman–Crippen MR) is 129 cm³/mol. The van der Waals surface area contributed by atoms with Gasteiger partial charge in [0.05, 0.1) is 5.01 Å². The number of alkyl carbamates (subject to hydrolysis) is 1. The van der Waals surface area contributed by atoms with Gasteiger partial charge in [0.25, 0.3) is 5.91 Å². The van der Waals surface area contributed by atoms with Crippen LogP contribution in [0.15, 0.2) is 48.5 Å². The van der Waals surface area contributed by atoms with Gasteiger partial charge in [0.2, 0.25) is 0 Å². The van der Waals surface area contributed by atoms with E-state index in [0.29, 0.717) is 16.3 Å². The minimum atomic E-state index is -1.19. The molecule has 35 heavy (non-hydrogen) atoms. The summed E-state index contributed by atoms with van der Waals surface area (Å²) >= 11 is 1.32. The molecule has 3 N–H and O–H groups in total. The number of benzene rings is 2. The van der Waals surface area contributed by atoms with E-state index in [-0.39, 0.29) is 24.8 Å². The van der Waals surface area contributed by atoms with Crippen LogP contribution in [0.2, 0.25) is 0 Å². The average molecular weight is 496 g/mol. The molecule has 0 saturated carbocycles. The van der Waals surface area contributed by atoms with Crippen molar-refractivity contribution < 1.29 is 29.1 Å². The van der Waals surface area contributed by atoms with Gasteiger partial charge in [-0.3, -0.25) is 9.63 Å². The van der Waals surface area contributed by atoms with E-state index >= 15 is 0 Å². The molecule has 0 bridgehead atoms. The second-order valence-corrected chi connectivity index (χ2v) is 9.33. The van der Waals surface area contributed by atoms with Crippen LogP contribution in [0.3, 0.4) is 0 Å². The van der Waals surface area contributed by atoms with E-state index in [0.717, 1.165) is 11.1 Å². The van der Waals surface area contributed by atoms with Crippen LogP contribution in [0.4, 0.5) is 4.79 Å². The number of nitrogens with zero attached hydrogens (tertiary/aromatic N) is 1. The highest BCUT2D eigenvalue weighted by Crippen LogP contribution is 2.44. The Balaban J connectivity index is 1.27. The number of aryl methyl sites for hydroxylation is 1. The molecule has 2 amide bonds. The monoisotopic (exact) mass is 495 g/mol. The SMILES string of the molecule is Cc1sc(CCNC(=O)OCC2c3ccccc3-c3ccccc32)nc1C(=O)NOC(C)C(=O)O. The molecule has 1 aliphatic rings. The van der Waals surface area contributed by atoms with Gasteiger partial charge in [-0.15, -0.1) is 11.3 Å². The summed E-state index contributed by atoms with van der Waals surface area (Å²) in [6.45, 7) is 3.55. The number of carbonyl (C=O) groups excluding carboxylic acids is 2. The van der Waals surface area contributed by atoms with E-state index in [4.69, 9.17) is 14.7 Å². The molecule has 0 radical (unpaired) electrons. The Labute approximate surface area is 206 Å². The summed E-state index contributed by atoms with van der Waals surface area (Å²) in [6, 6.07) is 16.3. The smallest absolute Gasteiger partial charge is 0.407 e. The molecule has 10 heteroatoms. The van der Waals surface area contributed by atoms with Crippen molar-refractivity contribution in [2.75, 3.05) is 13.2 Å². The maximum atomic E-state index is 12.3. The van der Waals surface area contributed by atoms with Gasteiger partial charge in [-0.1, -0.05) is 48.5 Å². The highest BCUT2D eigenvalue weighted by molar-refractivity contribution is 7.11. The summed E-state index contributed by atoms with van der Waals surface area (Å²) in [5.41, 5.74) is 6.88. The van der Waals surface area contributed by atoms with Gasteiger partial charge >= 0.3 is 12.1 Å². The largest absolute Gasteiger partial charge is 0.479 e. The maximum absolute atomic E-state index is 12.3. The Kier molecular flexibility index (Phi) is 7.42. The number of aliphatic carboxylic acids is 1. The van der Waals surface area contributed by atoms with E-state index < -0.39 is 24.1 Å². The molecule has 0 aliphatic heterocycles. The summed E-state index contributed by atoms with van der Waals surface area (Å²) in [7, 11) is 0. The Hall–Kier alpha value is -3.76. The first-order chi connectivity index (χ1) is 16.8. The predicted octanol–water partition coefficient (Wildman–Crippen LogP) is 3.67. The molecule has 0 fully saturated rings. The van der Waals surface area contributed by atoms with Crippen molar-refractivity contribution in [3.05, 3.63) is 75.2 Å². The van der Waals surface area contributed by atoms with Crippen molar-refractivity contribution in [2.24, 2.45) is 0 Å². The van der Waals surface area contributed by atoms with Crippen molar-refractivity contribution in [3.63, 3.8) is 0 Å². The number of thiazole rings is 1. The number of carboxylic acid groups (broad SMARTS) is 1. The number of carboxylic acids is 1. The number of hydrogen-bond acceptors (Lipinski definition) is 7. The fraction of sp³-hybridized carbons (Fsp3) is 0.280. The minimum Gasteiger partial charge on any atom is -0.479 e. The third-order valence-corrected chi connectivity index (χ3v) is 6.71. The number of ether oxygens (including phenoxy) is 1. The summed E-state index contributed by atoms with van der Waals surface area (Å²) in [4.78, 5) is 45.0. The average Bonchev–Trinajstić information content (AvgIpc) is 3.38. The number of aromatic nitrogens is 1. The number of amides is 2. The highest BCUT2D eigenvalue weighted by atomic mass is 32.1. The van der Waals surface area contributed by atoms with Crippen molar-refractivity contribution in [3.8, 4) is 11.1 Å². The van der Waals surface area contributed by atoms with Gasteiger partial charge in [0.15, 0.2) is 6.10 Å². The molecular weight excluding hydrogens is 470 g/mol. The summed E-state index contributed by atoms with van der Waals surface area (Å²) in [6.07, 6.45) is -1.29. The van der Waals surface area contributed by atoms with Crippen molar-refractivity contribution in [2.45, 2.75) is 32.3 Å². The zero-order valence-electron chi connectivity index (χ0n) is 19.2. The first kappa shape index (κ1) is 24.4. The third kappa shape index (κ3) is 5.50. The molecule has 1 atom stereocenters. The van der Waals surface area contributed by atoms with Crippen LogP contribution in [0, 0.1) is 6.92 Å². The molecule has 2 aromatic carbocycles. The molecule has 1 aliphatic carbocycles. The fourth-order valence-electron chi connectivity index (χ4n) is 3.93. The number of nitrogens with one attached hydrogen (secondary N) is 2. The van der Waals surface area contributed by atoms with Crippen LogP contribution in [0.25, 0.3) is 11.1 Å².